The van der Waals surface area contributed by atoms with Gasteiger partial charge in [0, 0.05) is 29.3 Å². The Morgan fingerprint density at radius 1 is 0.884 bits per heavy atom. The number of hydrogen-bond acceptors (Lipinski definition) is 7. The third-order valence-electron chi connectivity index (χ3n) is 6.77. The minimum Gasteiger partial charge on any atom is -0.493 e. The summed E-state index contributed by atoms with van der Waals surface area (Å²) in [6.07, 6.45) is 1.49. The number of amides is 1. The molecule has 0 fully saturated rings. The van der Waals surface area contributed by atoms with Gasteiger partial charge in [-0.2, -0.15) is 0 Å². The van der Waals surface area contributed by atoms with Gasteiger partial charge in [0.2, 0.25) is 0 Å². The van der Waals surface area contributed by atoms with E-state index in [1.54, 1.807) is 32.0 Å². The standard InChI is InChI=1S/C31H26F2N4O6/c1-16(2)36-28(27(29(34)38)30(39)37(31(36)40)19-8-6-18(32)7-9-19)17-5-10-24(21(33)13-17)43-23-11-12-35-22-15-26(42-4)25(41-3)14-20(22)23/h5-16H,1-4H3,(H2,34,38). The highest BCUT2D eigenvalue weighted by molar-refractivity contribution is 5.98. The maximum absolute atomic E-state index is 15.6. The summed E-state index contributed by atoms with van der Waals surface area (Å²) < 4.78 is 47.7. The molecule has 0 radical (unpaired) electrons. The second-order valence-electron chi connectivity index (χ2n) is 9.73. The third kappa shape index (κ3) is 5.18. The summed E-state index contributed by atoms with van der Waals surface area (Å²) in [6, 6.07) is 12.6. The Morgan fingerprint density at radius 2 is 1.56 bits per heavy atom. The van der Waals surface area contributed by atoms with Gasteiger partial charge in [-0.25, -0.2) is 18.1 Å². The van der Waals surface area contributed by atoms with Crippen molar-refractivity contribution in [3.63, 3.8) is 0 Å². The summed E-state index contributed by atoms with van der Waals surface area (Å²) >= 11 is 0. The molecule has 3 aromatic carbocycles. The second kappa shape index (κ2) is 11.4. The van der Waals surface area contributed by atoms with E-state index >= 15 is 4.39 Å². The predicted octanol–water partition coefficient (Wildman–Crippen LogP) is 4.98. The molecule has 0 bridgehead atoms. The first kappa shape index (κ1) is 29.0. The number of nitrogens with zero attached hydrogens (tertiary/aromatic N) is 3. The number of pyridine rings is 1. The number of methoxy groups -OCH3 is 2. The summed E-state index contributed by atoms with van der Waals surface area (Å²) in [5.74, 6) is -1.57. The molecular formula is C31H26F2N4O6. The Balaban J connectivity index is 1.66. The number of nitrogens with two attached hydrogens (primary N) is 1. The fourth-order valence-corrected chi connectivity index (χ4v) is 4.81. The zero-order valence-electron chi connectivity index (χ0n) is 23.6. The van der Waals surface area contributed by atoms with E-state index in [1.807, 2.05) is 0 Å². The first-order chi connectivity index (χ1) is 20.5. The normalized spacial score (nSPS) is 11.1. The van der Waals surface area contributed by atoms with Gasteiger partial charge >= 0.3 is 5.69 Å². The van der Waals surface area contributed by atoms with E-state index in [-0.39, 0.29) is 28.4 Å². The van der Waals surface area contributed by atoms with Gasteiger partial charge in [-0.05, 0) is 68.4 Å². The summed E-state index contributed by atoms with van der Waals surface area (Å²) in [4.78, 5) is 44.1. The number of ether oxygens (including phenoxy) is 3. The molecule has 5 aromatic rings. The van der Waals surface area contributed by atoms with Crippen molar-refractivity contribution < 1.29 is 27.8 Å². The van der Waals surface area contributed by atoms with Gasteiger partial charge in [0.05, 0.1) is 31.1 Å². The van der Waals surface area contributed by atoms with Crippen LogP contribution in [-0.2, 0) is 0 Å². The van der Waals surface area contributed by atoms with Gasteiger partial charge in [0.25, 0.3) is 11.5 Å². The molecule has 0 aliphatic rings. The number of halogens is 2. The van der Waals surface area contributed by atoms with Gasteiger partial charge < -0.3 is 19.9 Å². The van der Waals surface area contributed by atoms with Gasteiger partial charge in [-0.1, -0.05) is 0 Å². The molecule has 12 heteroatoms. The molecule has 2 aromatic heterocycles. The summed E-state index contributed by atoms with van der Waals surface area (Å²) in [6.45, 7) is 3.31. The number of primary amides is 1. The van der Waals surface area contributed by atoms with Crippen LogP contribution in [0.25, 0.3) is 27.8 Å². The first-order valence-corrected chi connectivity index (χ1v) is 13.0. The molecule has 220 valence electrons. The molecule has 5 rings (SSSR count). The van der Waals surface area contributed by atoms with Crippen LogP contribution >= 0.6 is 0 Å². The fourth-order valence-electron chi connectivity index (χ4n) is 4.81. The SMILES string of the molecule is COc1cc2nccc(Oc3ccc(-c4c(C(N)=O)c(=O)n(-c5ccc(F)cc5)c(=O)n4C(C)C)cc3F)c2cc1OC. The molecule has 0 spiro atoms. The lowest BCUT2D eigenvalue weighted by Crippen LogP contribution is -2.44. The molecule has 0 saturated heterocycles. The maximum Gasteiger partial charge on any atom is 0.336 e. The molecule has 1 amide bonds. The van der Waals surface area contributed by atoms with Crippen LogP contribution in [0.15, 0.2) is 76.4 Å². The van der Waals surface area contributed by atoms with Crippen LogP contribution in [-0.4, -0.2) is 34.2 Å². The number of carbonyl (C=O) groups excluding carboxylic acids is 1. The summed E-state index contributed by atoms with van der Waals surface area (Å²) in [7, 11) is 2.97. The molecule has 10 nitrogen and oxygen atoms in total. The number of hydrogen-bond donors (Lipinski definition) is 1. The largest absolute Gasteiger partial charge is 0.493 e. The maximum atomic E-state index is 15.6. The Labute approximate surface area is 243 Å². The number of carbonyl (C=O) groups is 1. The molecule has 0 aliphatic heterocycles. The number of aromatic nitrogens is 3. The van der Waals surface area contributed by atoms with Crippen molar-refractivity contribution in [3.8, 4) is 39.9 Å². The third-order valence-corrected chi connectivity index (χ3v) is 6.77. The smallest absolute Gasteiger partial charge is 0.336 e. The van der Waals surface area contributed by atoms with E-state index in [9.17, 15) is 18.8 Å². The quantitative estimate of drug-likeness (QED) is 0.271. The van der Waals surface area contributed by atoms with Crippen molar-refractivity contribution in [2.24, 2.45) is 5.73 Å². The van der Waals surface area contributed by atoms with E-state index < -0.39 is 40.4 Å². The highest BCUT2D eigenvalue weighted by atomic mass is 19.1. The van der Waals surface area contributed by atoms with Crippen molar-refractivity contribution in [1.29, 1.82) is 0 Å². The molecule has 0 saturated carbocycles. The molecule has 2 N–H and O–H groups in total. The molecule has 0 atom stereocenters. The average Bonchev–Trinajstić information content (AvgIpc) is 2.97. The van der Waals surface area contributed by atoms with Gasteiger partial charge in [-0.15, -0.1) is 0 Å². The van der Waals surface area contributed by atoms with Crippen molar-refractivity contribution in [3.05, 3.63) is 105 Å². The van der Waals surface area contributed by atoms with Crippen LogP contribution in [0.2, 0.25) is 0 Å². The van der Waals surface area contributed by atoms with Crippen LogP contribution in [0.1, 0.15) is 30.2 Å². The lowest BCUT2D eigenvalue weighted by Gasteiger charge is -2.21. The van der Waals surface area contributed by atoms with Gasteiger partial charge in [-0.3, -0.25) is 19.1 Å². The molecule has 0 unspecified atom stereocenters. The van der Waals surface area contributed by atoms with Crippen molar-refractivity contribution >= 4 is 16.8 Å². The van der Waals surface area contributed by atoms with Crippen LogP contribution in [0, 0.1) is 11.6 Å². The fraction of sp³-hybridized carbons (Fsp3) is 0.161. The van der Waals surface area contributed by atoms with Crippen LogP contribution in [0.4, 0.5) is 8.78 Å². The van der Waals surface area contributed by atoms with Crippen molar-refractivity contribution in [1.82, 2.24) is 14.1 Å². The Bertz CT molecular complexity index is 2000. The lowest BCUT2D eigenvalue weighted by molar-refractivity contribution is 0.0998. The minimum atomic E-state index is -1.13. The minimum absolute atomic E-state index is 0.0357. The zero-order valence-corrected chi connectivity index (χ0v) is 23.6. The topological polar surface area (TPSA) is 128 Å². The molecular weight excluding hydrogens is 562 g/mol. The van der Waals surface area contributed by atoms with Crippen molar-refractivity contribution in [2.45, 2.75) is 19.9 Å². The van der Waals surface area contributed by atoms with E-state index in [1.165, 1.54) is 44.7 Å². The van der Waals surface area contributed by atoms with Crippen LogP contribution in [0.3, 0.4) is 0 Å². The number of rotatable bonds is 8. The van der Waals surface area contributed by atoms with E-state index in [2.05, 4.69) is 4.98 Å². The van der Waals surface area contributed by atoms with Gasteiger partial charge in [0.1, 0.15) is 17.1 Å². The average molecular weight is 589 g/mol. The Kier molecular flexibility index (Phi) is 7.68. The van der Waals surface area contributed by atoms with E-state index in [0.717, 1.165) is 27.3 Å². The molecule has 0 aliphatic carbocycles. The molecule has 2 heterocycles. The Hall–Kier alpha value is -5.52. The highest BCUT2D eigenvalue weighted by Gasteiger charge is 2.27. The van der Waals surface area contributed by atoms with Crippen LogP contribution in [0.5, 0.6) is 23.0 Å². The van der Waals surface area contributed by atoms with Gasteiger partial charge in [0.15, 0.2) is 23.1 Å². The summed E-state index contributed by atoms with van der Waals surface area (Å²) in [5, 5.41) is 0.526. The number of benzene rings is 3. The second-order valence-corrected chi connectivity index (χ2v) is 9.73. The first-order valence-electron chi connectivity index (χ1n) is 13.0. The van der Waals surface area contributed by atoms with Crippen molar-refractivity contribution in [2.75, 3.05) is 14.2 Å². The lowest BCUT2D eigenvalue weighted by atomic mass is 10.0. The van der Waals surface area contributed by atoms with E-state index in [4.69, 9.17) is 19.9 Å². The van der Waals surface area contributed by atoms with Crippen LogP contribution < -0.4 is 31.2 Å². The predicted molar refractivity (Wildman–Crippen MR) is 155 cm³/mol. The zero-order chi connectivity index (χ0) is 31.0. The van der Waals surface area contributed by atoms with E-state index in [0.29, 0.717) is 22.4 Å². The monoisotopic (exact) mass is 588 g/mol. The number of fused-ring (bicyclic) bond motifs is 1. The summed E-state index contributed by atoms with van der Waals surface area (Å²) in [5.41, 5.74) is 3.69. The Morgan fingerprint density at radius 3 is 2.16 bits per heavy atom. The highest BCUT2D eigenvalue weighted by Crippen LogP contribution is 2.38. The molecule has 43 heavy (non-hydrogen) atoms.